The Bertz CT molecular complexity index is 708. The predicted octanol–water partition coefficient (Wildman–Crippen LogP) is 2.17. The molecule has 0 spiro atoms. The Kier molecular flexibility index (Phi) is 6.67. The van der Waals surface area contributed by atoms with Gasteiger partial charge in [0.15, 0.2) is 0 Å². The van der Waals surface area contributed by atoms with Gasteiger partial charge in [0.2, 0.25) is 10.0 Å². The molecule has 2 fully saturated rings. The molecule has 6 nitrogen and oxygen atoms in total. The molecule has 3 rings (SSSR count). The van der Waals surface area contributed by atoms with Crippen molar-refractivity contribution in [2.24, 2.45) is 0 Å². The SMILES string of the molecule is O=C(NCCNC1CCCCCC1)c1cccc(S(=O)(=O)NC2CC2)c1. The van der Waals surface area contributed by atoms with E-state index in [4.69, 9.17) is 0 Å². The van der Waals surface area contributed by atoms with Crippen LogP contribution in [0.15, 0.2) is 29.2 Å². The third kappa shape index (κ3) is 5.79. The van der Waals surface area contributed by atoms with E-state index in [-0.39, 0.29) is 16.8 Å². The van der Waals surface area contributed by atoms with E-state index in [1.165, 1.54) is 50.7 Å². The van der Waals surface area contributed by atoms with Crippen LogP contribution in [0.3, 0.4) is 0 Å². The Morgan fingerprint density at radius 3 is 2.38 bits per heavy atom. The number of carbonyl (C=O) groups excluding carboxylic acids is 1. The molecule has 1 amide bonds. The summed E-state index contributed by atoms with van der Waals surface area (Å²) in [6.45, 7) is 1.27. The molecule has 0 aromatic heterocycles. The van der Waals surface area contributed by atoms with Crippen LogP contribution >= 0.6 is 0 Å². The van der Waals surface area contributed by atoms with Crippen molar-refractivity contribution >= 4 is 15.9 Å². The molecule has 0 radical (unpaired) electrons. The van der Waals surface area contributed by atoms with Crippen LogP contribution in [0.2, 0.25) is 0 Å². The maximum absolute atomic E-state index is 12.3. The van der Waals surface area contributed by atoms with Crippen molar-refractivity contribution in [2.75, 3.05) is 13.1 Å². The van der Waals surface area contributed by atoms with Gasteiger partial charge >= 0.3 is 0 Å². The molecule has 144 valence electrons. The molecular weight excluding hydrogens is 350 g/mol. The van der Waals surface area contributed by atoms with Crippen molar-refractivity contribution in [2.45, 2.75) is 68.3 Å². The normalized spacial score (nSPS) is 19.1. The monoisotopic (exact) mass is 379 g/mol. The lowest BCUT2D eigenvalue weighted by Crippen LogP contribution is -2.37. The van der Waals surface area contributed by atoms with Gasteiger partial charge in [-0.05, 0) is 43.9 Å². The minimum Gasteiger partial charge on any atom is -0.351 e. The van der Waals surface area contributed by atoms with Gasteiger partial charge in [0.05, 0.1) is 4.90 Å². The van der Waals surface area contributed by atoms with Gasteiger partial charge in [0.1, 0.15) is 0 Å². The zero-order valence-electron chi connectivity index (χ0n) is 15.2. The van der Waals surface area contributed by atoms with E-state index in [9.17, 15) is 13.2 Å². The Hall–Kier alpha value is -1.44. The molecule has 3 N–H and O–H groups in total. The van der Waals surface area contributed by atoms with Crippen molar-refractivity contribution in [3.63, 3.8) is 0 Å². The first kappa shape index (κ1) is 19.3. The standard InChI is InChI=1S/C19H29N3O3S/c23-19(21-13-12-20-16-7-3-1-2-4-8-16)15-6-5-9-18(14-15)26(24,25)22-17-10-11-17/h5-6,9,14,16-17,20,22H,1-4,7-8,10-13H2,(H,21,23). The van der Waals surface area contributed by atoms with E-state index in [1.54, 1.807) is 12.1 Å². The Morgan fingerprint density at radius 2 is 1.69 bits per heavy atom. The number of rotatable bonds is 8. The number of benzene rings is 1. The zero-order chi connectivity index (χ0) is 18.4. The highest BCUT2D eigenvalue weighted by atomic mass is 32.2. The molecule has 1 aromatic carbocycles. The lowest BCUT2D eigenvalue weighted by Gasteiger charge is -2.16. The largest absolute Gasteiger partial charge is 0.351 e. The van der Waals surface area contributed by atoms with Crippen LogP contribution in [-0.4, -0.2) is 39.5 Å². The third-order valence-electron chi connectivity index (χ3n) is 5.00. The number of amides is 1. The van der Waals surface area contributed by atoms with Gasteiger partial charge in [-0.2, -0.15) is 0 Å². The third-order valence-corrected chi connectivity index (χ3v) is 6.52. The van der Waals surface area contributed by atoms with Gasteiger partial charge < -0.3 is 10.6 Å². The number of carbonyl (C=O) groups is 1. The maximum Gasteiger partial charge on any atom is 0.251 e. The first-order valence-electron chi connectivity index (χ1n) is 9.68. The lowest BCUT2D eigenvalue weighted by molar-refractivity contribution is 0.0953. The summed E-state index contributed by atoms with van der Waals surface area (Å²) in [6, 6.07) is 6.82. The van der Waals surface area contributed by atoms with Crippen LogP contribution in [0.1, 0.15) is 61.7 Å². The van der Waals surface area contributed by atoms with E-state index in [0.29, 0.717) is 18.2 Å². The van der Waals surface area contributed by atoms with Crippen molar-refractivity contribution in [1.82, 2.24) is 15.4 Å². The zero-order valence-corrected chi connectivity index (χ0v) is 16.0. The number of hydrogen-bond acceptors (Lipinski definition) is 4. The molecule has 0 heterocycles. The van der Waals surface area contributed by atoms with Crippen molar-refractivity contribution < 1.29 is 13.2 Å². The minimum absolute atomic E-state index is 0.0487. The lowest BCUT2D eigenvalue weighted by atomic mass is 10.1. The molecule has 2 saturated carbocycles. The average Bonchev–Trinajstić information content (AvgIpc) is 3.46. The molecule has 0 bridgehead atoms. The molecule has 2 aliphatic rings. The maximum atomic E-state index is 12.3. The second kappa shape index (κ2) is 8.97. The van der Waals surface area contributed by atoms with Crippen LogP contribution in [0, 0.1) is 0 Å². The number of hydrogen-bond donors (Lipinski definition) is 3. The van der Waals surface area contributed by atoms with Gasteiger partial charge in [-0.25, -0.2) is 13.1 Å². The Balaban J connectivity index is 1.47. The molecule has 0 aliphatic heterocycles. The summed E-state index contributed by atoms with van der Waals surface area (Å²) in [4.78, 5) is 12.5. The molecule has 7 heteroatoms. The summed E-state index contributed by atoms with van der Waals surface area (Å²) in [6.07, 6.45) is 9.39. The highest BCUT2D eigenvalue weighted by Crippen LogP contribution is 2.22. The second-order valence-corrected chi connectivity index (χ2v) is 9.04. The van der Waals surface area contributed by atoms with Crippen molar-refractivity contribution in [3.8, 4) is 0 Å². The first-order valence-corrected chi connectivity index (χ1v) is 11.2. The average molecular weight is 380 g/mol. The van der Waals surface area contributed by atoms with Crippen molar-refractivity contribution in [1.29, 1.82) is 0 Å². The fourth-order valence-corrected chi connectivity index (χ4v) is 4.68. The fourth-order valence-electron chi connectivity index (χ4n) is 3.33. The number of sulfonamides is 1. The predicted molar refractivity (Wildman–Crippen MR) is 102 cm³/mol. The minimum atomic E-state index is -3.54. The fraction of sp³-hybridized carbons (Fsp3) is 0.632. The molecule has 2 aliphatic carbocycles. The highest BCUT2D eigenvalue weighted by Gasteiger charge is 2.28. The quantitative estimate of drug-likeness (QED) is 0.477. The van der Waals surface area contributed by atoms with E-state index < -0.39 is 10.0 Å². The molecule has 1 aromatic rings. The van der Waals surface area contributed by atoms with Gasteiger partial charge in [0, 0.05) is 30.7 Å². The van der Waals surface area contributed by atoms with E-state index in [2.05, 4.69) is 15.4 Å². The topological polar surface area (TPSA) is 87.3 Å². The Morgan fingerprint density at radius 1 is 0.962 bits per heavy atom. The summed E-state index contributed by atoms with van der Waals surface area (Å²) in [5.74, 6) is -0.240. The molecule has 26 heavy (non-hydrogen) atoms. The number of nitrogens with one attached hydrogen (secondary N) is 3. The van der Waals surface area contributed by atoms with Crippen LogP contribution in [0.4, 0.5) is 0 Å². The van der Waals surface area contributed by atoms with Gasteiger partial charge in [-0.1, -0.05) is 31.7 Å². The Labute approximate surface area is 156 Å². The summed E-state index contributed by atoms with van der Waals surface area (Å²) in [7, 11) is -3.54. The summed E-state index contributed by atoms with van der Waals surface area (Å²) >= 11 is 0. The van der Waals surface area contributed by atoms with Crippen LogP contribution in [-0.2, 0) is 10.0 Å². The van der Waals surface area contributed by atoms with E-state index in [0.717, 1.165) is 19.4 Å². The van der Waals surface area contributed by atoms with Crippen LogP contribution < -0.4 is 15.4 Å². The van der Waals surface area contributed by atoms with Crippen LogP contribution in [0.25, 0.3) is 0 Å². The molecular formula is C19H29N3O3S. The van der Waals surface area contributed by atoms with Crippen LogP contribution in [0.5, 0.6) is 0 Å². The summed E-state index contributed by atoms with van der Waals surface area (Å²) in [5, 5.41) is 6.38. The van der Waals surface area contributed by atoms with Gasteiger partial charge in [-0.3, -0.25) is 4.79 Å². The summed E-state index contributed by atoms with van der Waals surface area (Å²) < 4.78 is 27.2. The van der Waals surface area contributed by atoms with E-state index in [1.807, 2.05) is 0 Å². The molecule has 0 saturated heterocycles. The summed E-state index contributed by atoms with van der Waals surface area (Å²) in [5.41, 5.74) is 0.373. The molecule has 0 atom stereocenters. The smallest absolute Gasteiger partial charge is 0.251 e. The van der Waals surface area contributed by atoms with Gasteiger partial charge in [-0.15, -0.1) is 0 Å². The molecule has 0 unspecified atom stereocenters. The highest BCUT2D eigenvalue weighted by molar-refractivity contribution is 7.89. The van der Waals surface area contributed by atoms with E-state index >= 15 is 0 Å². The van der Waals surface area contributed by atoms with Gasteiger partial charge in [0.25, 0.3) is 5.91 Å². The second-order valence-electron chi connectivity index (χ2n) is 7.32. The van der Waals surface area contributed by atoms with Crippen molar-refractivity contribution in [3.05, 3.63) is 29.8 Å². The first-order chi connectivity index (χ1) is 12.5.